The lowest BCUT2D eigenvalue weighted by molar-refractivity contribution is -0.139. The summed E-state index contributed by atoms with van der Waals surface area (Å²) in [6, 6.07) is 7.92. The molecule has 0 aliphatic heterocycles. The fourth-order valence-corrected chi connectivity index (χ4v) is 3.34. The normalized spacial score (nSPS) is 11.1. The first kappa shape index (κ1) is 12.3. The van der Waals surface area contributed by atoms with Crippen LogP contribution >= 0.6 is 22.9 Å². The highest BCUT2D eigenvalue weighted by atomic mass is 35.5. The molecule has 0 spiro atoms. The molecule has 0 saturated heterocycles. The van der Waals surface area contributed by atoms with Crippen molar-refractivity contribution < 1.29 is 9.53 Å². The first-order valence-electron chi connectivity index (χ1n) is 5.59. The van der Waals surface area contributed by atoms with Crippen LogP contribution < -0.4 is 0 Å². The van der Waals surface area contributed by atoms with Crippen molar-refractivity contribution in [1.29, 1.82) is 0 Å². The molecule has 3 rings (SSSR count). The van der Waals surface area contributed by atoms with E-state index in [0.717, 1.165) is 20.3 Å². The van der Waals surface area contributed by atoms with Gasteiger partial charge in [-0.15, -0.1) is 11.3 Å². The zero-order chi connectivity index (χ0) is 13.4. The molecule has 1 aromatic carbocycles. The molecule has 0 fully saturated rings. The summed E-state index contributed by atoms with van der Waals surface area (Å²) < 4.78 is 5.71. The Labute approximate surface area is 118 Å². The fraction of sp³-hybridized carbons (Fsp3) is 0.154. The largest absolute Gasteiger partial charge is 0.469 e. The van der Waals surface area contributed by atoms with Crippen molar-refractivity contribution in [3.8, 4) is 0 Å². The number of esters is 1. The first-order valence-corrected chi connectivity index (χ1v) is 6.79. The molecule has 6 heteroatoms. The summed E-state index contributed by atoms with van der Waals surface area (Å²) in [4.78, 5) is 20.6. The van der Waals surface area contributed by atoms with Crippen LogP contribution in [0.25, 0.3) is 20.3 Å². The highest BCUT2D eigenvalue weighted by Crippen LogP contribution is 2.35. The molecular formula is C13H9ClN2O2S. The Kier molecular flexibility index (Phi) is 3.08. The Morgan fingerprint density at radius 2 is 2.16 bits per heavy atom. The van der Waals surface area contributed by atoms with E-state index >= 15 is 0 Å². The molecule has 96 valence electrons. The Morgan fingerprint density at radius 3 is 2.95 bits per heavy atom. The number of carbonyl (C=O) groups is 1. The highest BCUT2D eigenvalue weighted by Gasteiger charge is 2.14. The number of carbonyl (C=O) groups excluding carboxylic acids is 1. The smallest absolute Gasteiger partial charge is 0.313 e. The zero-order valence-corrected chi connectivity index (χ0v) is 11.6. The molecule has 0 amide bonds. The van der Waals surface area contributed by atoms with Gasteiger partial charge in [0.1, 0.15) is 22.2 Å². The van der Waals surface area contributed by atoms with E-state index in [0.29, 0.717) is 11.0 Å². The molecule has 0 aliphatic rings. The van der Waals surface area contributed by atoms with Crippen LogP contribution in [-0.4, -0.2) is 23.0 Å². The lowest BCUT2D eigenvalue weighted by Gasteiger charge is -2.00. The van der Waals surface area contributed by atoms with E-state index in [-0.39, 0.29) is 12.4 Å². The van der Waals surface area contributed by atoms with Crippen LogP contribution in [0.15, 0.2) is 24.3 Å². The van der Waals surface area contributed by atoms with Crippen molar-refractivity contribution in [2.24, 2.45) is 0 Å². The van der Waals surface area contributed by atoms with E-state index in [1.807, 2.05) is 24.3 Å². The molecule has 0 radical (unpaired) electrons. The SMILES string of the molecule is COC(=O)Cc1nc(Cl)c2c(n1)sc1ccccc12. The quantitative estimate of drug-likeness (QED) is 0.537. The third-order valence-electron chi connectivity index (χ3n) is 2.77. The van der Waals surface area contributed by atoms with Gasteiger partial charge in [0.25, 0.3) is 0 Å². The molecule has 0 atom stereocenters. The van der Waals surface area contributed by atoms with Gasteiger partial charge in [0, 0.05) is 10.1 Å². The van der Waals surface area contributed by atoms with E-state index in [1.54, 1.807) is 0 Å². The number of nitrogens with zero attached hydrogens (tertiary/aromatic N) is 2. The van der Waals surface area contributed by atoms with Crippen molar-refractivity contribution in [3.63, 3.8) is 0 Å². The average Bonchev–Trinajstić information content (AvgIpc) is 2.76. The topological polar surface area (TPSA) is 52.1 Å². The van der Waals surface area contributed by atoms with Gasteiger partial charge in [-0.2, -0.15) is 0 Å². The summed E-state index contributed by atoms with van der Waals surface area (Å²) in [6.45, 7) is 0. The summed E-state index contributed by atoms with van der Waals surface area (Å²) in [6.07, 6.45) is 0.0282. The van der Waals surface area contributed by atoms with Crippen LogP contribution in [0.5, 0.6) is 0 Å². The lowest BCUT2D eigenvalue weighted by atomic mass is 10.2. The van der Waals surface area contributed by atoms with Crippen molar-refractivity contribution in [1.82, 2.24) is 9.97 Å². The minimum Gasteiger partial charge on any atom is -0.469 e. The van der Waals surface area contributed by atoms with Crippen LogP contribution in [0.1, 0.15) is 5.82 Å². The summed E-state index contributed by atoms with van der Waals surface area (Å²) in [5.74, 6) is 0.00688. The Bertz CT molecular complexity index is 785. The number of hydrogen-bond acceptors (Lipinski definition) is 5. The van der Waals surface area contributed by atoms with Crippen molar-refractivity contribution >= 4 is 49.2 Å². The van der Waals surface area contributed by atoms with E-state index in [1.165, 1.54) is 18.4 Å². The highest BCUT2D eigenvalue weighted by molar-refractivity contribution is 7.25. The zero-order valence-electron chi connectivity index (χ0n) is 10.0. The van der Waals surface area contributed by atoms with Gasteiger partial charge in [-0.05, 0) is 6.07 Å². The summed E-state index contributed by atoms with van der Waals surface area (Å²) in [5.41, 5.74) is 0. The maximum atomic E-state index is 11.3. The first-order chi connectivity index (χ1) is 9.19. The molecule has 3 aromatic rings. The molecule has 0 saturated carbocycles. The molecular weight excluding hydrogens is 284 g/mol. The second-order valence-electron chi connectivity index (χ2n) is 3.96. The Hall–Kier alpha value is -1.72. The number of aromatic nitrogens is 2. The number of rotatable bonds is 2. The number of hydrogen-bond donors (Lipinski definition) is 0. The van der Waals surface area contributed by atoms with E-state index in [4.69, 9.17) is 11.6 Å². The molecule has 2 aromatic heterocycles. The van der Waals surface area contributed by atoms with Gasteiger partial charge in [-0.3, -0.25) is 4.79 Å². The minimum absolute atomic E-state index is 0.0282. The number of fused-ring (bicyclic) bond motifs is 3. The molecule has 0 aliphatic carbocycles. The van der Waals surface area contributed by atoms with Crippen molar-refractivity contribution in [2.45, 2.75) is 6.42 Å². The predicted molar refractivity (Wildman–Crippen MR) is 75.7 cm³/mol. The molecule has 2 heterocycles. The molecule has 4 nitrogen and oxygen atoms in total. The standard InChI is InChI=1S/C13H9ClN2O2S/c1-18-10(17)6-9-15-12(14)11-7-4-2-3-5-8(7)19-13(11)16-9/h2-5H,6H2,1H3. The molecule has 0 N–H and O–H groups in total. The van der Waals surface area contributed by atoms with Gasteiger partial charge in [0.05, 0.1) is 12.5 Å². The average molecular weight is 293 g/mol. The van der Waals surface area contributed by atoms with Gasteiger partial charge in [0.2, 0.25) is 0 Å². The molecule has 0 bridgehead atoms. The Morgan fingerprint density at radius 1 is 1.37 bits per heavy atom. The summed E-state index contributed by atoms with van der Waals surface area (Å²) in [7, 11) is 1.34. The second kappa shape index (κ2) is 4.75. The maximum absolute atomic E-state index is 11.3. The monoisotopic (exact) mass is 292 g/mol. The minimum atomic E-state index is -0.378. The van der Waals surface area contributed by atoms with Gasteiger partial charge in [0.15, 0.2) is 0 Å². The van der Waals surface area contributed by atoms with Crippen molar-refractivity contribution in [3.05, 3.63) is 35.2 Å². The Balaban J connectivity index is 2.21. The second-order valence-corrected chi connectivity index (χ2v) is 5.35. The predicted octanol–water partition coefficient (Wildman–Crippen LogP) is 3.21. The molecule has 19 heavy (non-hydrogen) atoms. The number of benzene rings is 1. The maximum Gasteiger partial charge on any atom is 0.313 e. The van der Waals surface area contributed by atoms with Crippen LogP contribution in [-0.2, 0) is 16.0 Å². The summed E-state index contributed by atoms with van der Waals surface area (Å²) in [5, 5.41) is 2.26. The number of thiophene rings is 1. The van der Waals surface area contributed by atoms with Crippen molar-refractivity contribution in [2.75, 3.05) is 7.11 Å². The molecule has 0 unspecified atom stereocenters. The van der Waals surface area contributed by atoms with E-state index < -0.39 is 0 Å². The number of ether oxygens (including phenoxy) is 1. The van der Waals surface area contributed by atoms with Crippen LogP contribution in [0.3, 0.4) is 0 Å². The fourth-order valence-electron chi connectivity index (χ4n) is 1.90. The van der Waals surface area contributed by atoms with Crippen LogP contribution in [0.4, 0.5) is 0 Å². The summed E-state index contributed by atoms with van der Waals surface area (Å²) >= 11 is 7.75. The van der Waals surface area contributed by atoms with Crippen LogP contribution in [0.2, 0.25) is 5.15 Å². The van der Waals surface area contributed by atoms with Crippen LogP contribution in [0, 0.1) is 0 Å². The van der Waals surface area contributed by atoms with E-state index in [2.05, 4.69) is 14.7 Å². The lowest BCUT2D eigenvalue weighted by Crippen LogP contribution is -2.07. The van der Waals surface area contributed by atoms with Gasteiger partial charge < -0.3 is 4.74 Å². The third-order valence-corrected chi connectivity index (χ3v) is 4.11. The number of halogens is 1. The van der Waals surface area contributed by atoms with Gasteiger partial charge in [-0.25, -0.2) is 9.97 Å². The van der Waals surface area contributed by atoms with E-state index in [9.17, 15) is 4.79 Å². The van der Waals surface area contributed by atoms with Gasteiger partial charge >= 0.3 is 5.97 Å². The number of methoxy groups -OCH3 is 1. The van der Waals surface area contributed by atoms with Gasteiger partial charge in [-0.1, -0.05) is 29.8 Å². The third kappa shape index (κ3) is 2.15.